The number of hydrogen-bond acceptors (Lipinski definition) is 2. The Balaban J connectivity index is 2.06. The number of aryl methyl sites for hydroxylation is 1. The lowest BCUT2D eigenvalue weighted by molar-refractivity contribution is 0.412. The van der Waals surface area contributed by atoms with E-state index in [-0.39, 0.29) is 0 Å². The Morgan fingerprint density at radius 3 is 2.88 bits per heavy atom. The van der Waals surface area contributed by atoms with E-state index in [1.54, 1.807) is 7.11 Å². The predicted octanol–water partition coefficient (Wildman–Crippen LogP) is 3.52. The van der Waals surface area contributed by atoms with E-state index < -0.39 is 0 Å². The number of ether oxygens (including phenoxy) is 1. The molecule has 1 aliphatic rings. The fraction of sp³-hybridized carbons (Fsp3) is 0.429. The molecule has 1 atom stereocenters. The van der Waals surface area contributed by atoms with E-state index in [2.05, 4.69) is 36.5 Å². The van der Waals surface area contributed by atoms with Gasteiger partial charge in [0, 0.05) is 11.7 Å². The Bertz CT molecular complexity index is 384. The van der Waals surface area contributed by atoms with Gasteiger partial charge in [0.2, 0.25) is 0 Å². The summed E-state index contributed by atoms with van der Waals surface area (Å²) in [6.45, 7) is 2.07. The van der Waals surface area contributed by atoms with Crippen LogP contribution in [0.2, 0.25) is 0 Å². The monoisotopic (exact) mass is 217 g/mol. The van der Waals surface area contributed by atoms with Gasteiger partial charge in [-0.05, 0) is 49.9 Å². The Morgan fingerprint density at radius 1 is 1.38 bits per heavy atom. The standard InChI is InChI=1S/C14H19NO/c1-11-10-13(8-9-14(11)16-2)15-12-6-4-3-5-7-12/h4,6,8-10,12,15H,3,5,7H2,1-2H3. The zero-order valence-corrected chi connectivity index (χ0v) is 9.99. The van der Waals surface area contributed by atoms with Crippen molar-refractivity contribution in [1.82, 2.24) is 0 Å². The smallest absolute Gasteiger partial charge is 0.121 e. The van der Waals surface area contributed by atoms with Crippen molar-refractivity contribution in [2.24, 2.45) is 0 Å². The first-order valence-electron chi connectivity index (χ1n) is 5.87. The summed E-state index contributed by atoms with van der Waals surface area (Å²) in [4.78, 5) is 0. The van der Waals surface area contributed by atoms with Crippen LogP contribution in [-0.2, 0) is 0 Å². The van der Waals surface area contributed by atoms with Gasteiger partial charge < -0.3 is 10.1 Å². The van der Waals surface area contributed by atoms with E-state index in [0.29, 0.717) is 6.04 Å². The van der Waals surface area contributed by atoms with Crippen molar-refractivity contribution in [3.8, 4) is 5.75 Å². The fourth-order valence-corrected chi connectivity index (χ4v) is 2.11. The minimum absolute atomic E-state index is 0.488. The molecule has 0 fully saturated rings. The SMILES string of the molecule is COc1ccc(NC2C=CCCC2)cc1C. The molecule has 1 N–H and O–H groups in total. The maximum atomic E-state index is 5.25. The van der Waals surface area contributed by atoms with Crippen molar-refractivity contribution in [1.29, 1.82) is 0 Å². The number of anilines is 1. The van der Waals surface area contributed by atoms with Crippen molar-refractivity contribution < 1.29 is 4.74 Å². The van der Waals surface area contributed by atoms with E-state index in [9.17, 15) is 0 Å². The Morgan fingerprint density at radius 2 is 2.25 bits per heavy atom. The fourth-order valence-electron chi connectivity index (χ4n) is 2.11. The lowest BCUT2D eigenvalue weighted by Crippen LogP contribution is -2.18. The van der Waals surface area contributed by atoms with Crippen molar-refractivity contribution in [2.75, 3.05) is 12.4 Å². The quantitative estimate of drug-likeness (QED) is 0.782. The van der Waals surface area contributed by atoms with Gasteiger partial charge >= 0.3 is 0 Å². The molecule has 1 aromatic rings. The highest BCUT2D eigenvalue weighted by Crippen LogP contribution is 2.23. The molecule has 1 aliphatic carbocycles. The maximum absolute atomic E-state index is 5.25. The summed E-state index contributed by atoms with van der Waals surface area (Å²) in [7, 11) is 1.71. The van der Waals surface area contributed by atoms with Gasteiger partial charge in [0.1, 0.15) is 5.75 Å². The molecular formula is C14H19NO. The first-order chi connectivity index (χ1) is 7.79. The minimum atomic E-state index is 0.488. The number of allylic oxidation sites excluding steroid dienone is 1. The first kappa shape index (κ1) is 11.1. The third-order valence-electron chi connectivity index (χ3n) is 3.00. The molecule has 0 heterocycles. The molecule has 1 aromatic carbocycles. The molecule has 0 aromatic heterocycles. The average molecular weight is 217 g/mol. The predicted molar refractivity (Wildman–Crippen MR) is 68.1 cm³/mol. The lowest BCUT2D eigenvalue weighted by atomic mass is 10.0. The van der Waals surface area contributed by atoms with Gasteiger partial charge in [0.05, 0.1) is 7.11 Å². The summed E-state index contributed by atoms with van der Waals surface area (Å²) in [5.41, 5.74) is 2.35. The van der Waals surface area contributed by atoms with Crippen LogP contribution in [0.3, 0.4) is 0 Å². The summed E-state index contributed by atoms with van der Waals surface area (Å²) in [5, 5.41) is 3.53. The number of rotatable bonds is 3. The lowest BCUT2D eigenvalue weighted by Gasteiger charge is -2.19. The zero-order valence-electron chi connectivity index (χ0n) is 9.99. The maximum Gasteiger partial charge on any atom is 0.121 e. The molecule has 0 saturated heterocycles. The second-order valence-electron chi connectivity index (χ2n) is 4.29. The van der Waals surface area contributed by atoms with E-state index in [0.717, 1.165) is 5.75 Å². The topological polar surface area (TPSA) is 21.3 Å². The van der Waals surface area contributed by atoms with Gasteiger partial charge in [0.15, 0.2) is 0 Å². The summed E-state index contributed by atoms with van der Waals surface area (Å²) in [6.07, 6.45) is 8.26. The summed E-state index contributed by atoms with van der Waals surface area (Å²) in [6, 6.07) is 6.72. The highest BCUT2D eigenvalue weighted by molar-refractivity contribution is 5.51. The van der Waals surface area contributed by atoms with Crippen LogP contribution in [0.5, 0.6) is 5.75 Å². The van der Waals surface area contributed by atoms with E-state index >= 15 is 0 Å². The molecule has 0 radical (unpaired) electrons. The Kier molecular flexibility index (Phi) is 3.50. The summed E-state index contributed by atoms with van der Waals surface area (Å²) < 4.78 is 5.25. The van der Waals surface area contributed by atoms with Crippen molar-refractivity contribution >= 4 is 5.69 Å². The number of hydrogen-bond donors (Lipinski definition) is 1. The second kappa shape index (κ2) is 5.06. The molecule has 0 aliphatic heterocycles. The molecule has 2 nitrogen and oxygen atoms in total. The molecule has 0 amide bonds. The summed E-state index contributed by atoms with van der Waals surface area (Å²) >= 11 is 0. The van der Waals surface area contributed by atoms with Crippen molar-refractivity contribution in [2.45, 2.75) is 32.2 Å². The molecule has 0 spiro atoms. The molecule has 16 heavy (non-hydrogen) atoms. The molecule has 2 rings (SSSR count). The van der Waals surface area contributed by atoms with Gasteiger partial charge in [-0.15, -0.1) is 0 Å². The van der Waals surface area contributed by atoms with Crippen LogP contribution in [0.4, 0.5) is 5.69 Å². The number of methoxy groups -OCH3 is 1. The van der Waals surface area contributed by atoms with Gasteiger partial charge in [0.25, 0.3) is 0 Å². The van der Waals surface area contributed by atoms with E-state index in [1.807, 2.05) is 6.07 Å². The molecule has 2 heteroatoms. The average Bonchev–Trinajstić information content (AvgIpc) is 2.31. The van der Waals surface area contributed by atoms with Crippen molar-refractivity contribution in [3.05, 3.63) is 35.9 Å². The van der Waals surface area contributed by atoms with Crippen LogP contribution in [0.1, 0.15) is 24.8 Å². The Labute approximate surface area is 97.3 Å². The zero-order chi connectivity index (χ0) is 11.4. The summed E-state index contributed by atoms with van der Waals surface area (Å²) in [5.74, 6) is 0.949. The van der Waals surface area contributed by atoms with Gasteiger partial charge in [-0.1, -0.05) is 12.2 Å². The molecule has 86 valence electrons. The Hall–Kier alpha value is -1.44. The second-order valence-corrected chi connectivity index (χ2v) is 4.29. The van der Waals surface area contributed by atoms with E-state index in [1.165, 1.54) is 30.5 Å². The normalized spacial score (nSPS) is 19.5. The molecular weight excluding hydrogens is 198 g/mol. The number of benzene rings is 1. The largest absolute Gasteiger partial charge is 0.496 e. The highest BCUT2D eigenvalue weighted by Gasteiger charge is 2.08. The highest BCUT2D eigenvalue weighted by atomic mass is 16.5. The van der Waals surface area contributed by atoms with Crippen LogP contribution >= 0.6 is 0 Å². The van der Waals surface area contributed by atoms with Crippen LogP contribution < -0.4 is 10.1 Å². The van der Waals surface area contributed by atoms with E-state index in [4.69, 9.17) is 4.74 Å². The first-order valence-corrected chi connectivity index (χ1v) is 5.87. The molecule has 0 saturated carbocycles. The minimum Gasteiger partial charge on any atom is -0.496 e. The van der Waals surface area contributed by atoms with Crippen LogP contribution in [0.15, 0.2) is 30.4 Å². The van der Waals surface area contributed by atoms with Crippen LogP contribution in [0, 0.1) is 6.92 Å². The molecule has 1 unspecified atom stereocenters. The van der Waals surface area contributed by atoms with Gasteiger partial charge in [-0.25, -0.2) is 0 Å². The van der Waals surface area contributed by atoms with Crippen LogP contribution in [-0.4, -0.2) is 13.2 Å². The third kappa shape index (κ3) is 2.57. The van der Waals surface area contributed by atoms with Crippen LogP contribution in [0.25, 0.3) is 0 Å². The van der Waals surface area contributed by atoms with Gasteiger partial charge in [-0.2, -0.15) is 0 Å². The van der Waals surface area contributed by atoms with Crippen molar-refractivity contribution in [3.63, 3.8) is 0 Å². The third-order valence-corrected chi connectivity index (χ3v) is 3.00. The molecule has 0 bridgehead atoms. The van der Waals surface area contributed by atoms with Gasteiger partial charge in [-0.3, -0.25) is 0 Å². The number of nitrogens with one attached hydrogen (secondary N) is 1.